The molecule has 0 radical (unpaired) electrons. The second-order valence-electron chi connectivity index (χ2n) is 5.80. The van der Waals surface area contributed by atoms with E-state index in [0.717, 1.165) is 5.56 Å². The van der Waals surface area contributed by atoms with Crippen molar-refractivity contribution in [1.29, 1.82) is 0 Å². The molecule has 0 heterocycles. The molecule has 5 nitrogen and oxygen atoms in total. The number of carbonyl (C=O) groups is 1. The molecule has 0 aliphatic heterocycles. The molecule has 0 aromatic heterocycles. The molecule has 0 fully saturated rings. The van der Waals surface area contributed by atoms with Crippen molar-refractivity contribution in [1.82, 2.24) is 0 Å². The summed E-state index contributed by atoms with van der Waals surface area (Å²) < 4.78 is 11.5. The van der Waals surface area contributed by atoms with E-state index in [-0.39, 0.29) is 23.2 Å². The maximum atomic E-state index is 12.5. The van der Waals surface area contributed by atoms with Crippen LogP contribution in [0.1, 0.15) is 15.9 Å². The molecule has 3 aromatic carbocycles. The first-order valence-electron chi connectivity index (χ1n) is 8.37. The van der Waals surface area contributed by atoms with Crippen LogP contribution in [0.3, 0.4) is 0 Å². The topological polar surface area (TPSA) is 73.6 Å². The van der Waals surface area contributed by atoms with E-state index in [2.05, 4.69) is 5.32 Å². The van der Waals surface area contributed by atoms with Crippen molar-refractivity contribution in [2.75, 3.05) is 5.32 Å². The Balaban J connectivity index is 1.93. The van der Waals surface area contributed by atoms with E-state index in [1.165, 1.54) is 6.07 Å². The van der Waals surface area contributed by atoms with E-state index in [4.69, 9.17) is 39.0 Å². The predicted molar refractivity (Wildman–Crippen MR) is 114 cm³/mol. The van der Waals surface area contributed by atoms with Crippen molar-refractivity contribution in [2.24, 2.45) is 5.73 Å². The molecule has 0 spiro atoms. The van der Waals surface area contributed by atoms with Crippen molar-refractivity contribution in [2.45, 2.75) is 6.61 Å². The van der Waals surface area contributed by atoms with Gasteiger partial charge in [-0.05, 0) is 36.0 Å². The summed E-state index contributed by atoms with van der Waals surface area (Å²) in [5, 5.41) is 3.18. The van der Waals surface area contributed by atoms with Gasteiger partial charge in [0.2, 0.25) is 0 Å². The molecule has 3 aromatic rings. The van der Waals surface area contributed by atoms with Crippen LogP contribution in [0.5, 0.6) is 11.5 Å². The number of esters is 1. The molecule has 0 saturated heterocycles. The zero-order valence-electron chi connectivity index (χ0n) is 14.7. The number of ether oxygens (including phenoxy) is 2. The number of thiocarbonyl (C=S) groups is 1. The highest BCUT2D eigenvalue weighted by Crippen LogP contribution is 2.39. The SMILES string of the molecule is NC(=S)Nc1cc(Cl)cc(OC(=O)c2ccccc2)c1OCc1ccccc1. The summed E-state index contributed by atoms with van der Waals surface area (Å²) in [6, 6.07) is 21.3. The molecular weight excluding hydrogens is 396 g/mol. The average molecular weight is 413 g/mol. The highest BCUT2D eigenvalue weighted by atomic mass is 35.5. The van der Waals surface area contributed by atoms with E-state index in [1.807, 2.05) is 36.4 Å². The minimum atomic E-state index is -0.534. The second kappa shape index (κ2) is 9.21. The molecule has 0 aliphatic rings. The number of nitrogens with one attached hydrogen (secondary N) is 1. The lowest BCUT2D eigenvalue weighted by Gasteiger charge is -2.17. The number of rotatable bonds is 6. The fraction of sp³-hybridized carbons (Fsp3) is 0.0476. The third-order valence-electron chi connectivity index (χ3n) is 3.72. The lowest BCUT2D eigenvalue weighted by Crippen LogP contribution is -2.20. The molecule has 0 bridgehead atoms. The highest BCUT2D eigenvalue weighted by Gasteiger charge is 2.18. The zero-order valence-corrected chi connectivity index (χ0v) is 16.3. The van der Waals surface area contributed by atoms with Crippen molar-refractivity contribution in [3.8, 4) is 11.5 Å². The van der Waals surface area contributed by atoms with E-state index >= 15 is 0 Å². The summed E-state index contributed by atoms with van der Waals surface area (Å²) in [6.45, 7) is 0.254. The lowest BCUT2D eigenvalue weighted by atomic mass is 10.2. The standard InChI is InChI=1S/C21H17ClN2O3S/c22-16-11-17(24-21(23)28)19(26-13-14-7-3-1-4-8-14)18(12-16)27-20(25)15-9-5-2-6-10-15/h1-12H,13H2,(H3,23,24,28). The first-order valence-corrected chi connectivity index (χ1v) is 9.15. The van der Waals surface area contributed by atoms with Crippen LogP contribution in [0, 0.1) is 0 Å². The van der Waals surface area contributed by atoms with Crippen molar-refractivity contribution < 1.29 is 14.3 Å². The van der Waals surface area contributed by atoms with Crippen LogP contribution < -0.4 is 20.5 Å². The summed E-state index contributed by atoms with van der Waals surface area (Å²) in [7, 11) is 0. The van der Waals surface area contributed by atoms with Crippen molar-refractivity contribution >= 4 is 40.6 Å². The lowest BCUT2D eigenvalue weighted by molar-refractivity contribution is 0.0728. The molecule has 0 atom stereocenters. The second-order valence-corrected chi connectivity index (χ2v) is 6.68. The maximum Gasteiger partial charge on any atom is 0.343 e. The quantitative estimate of drug-likeness (QED) is 0.344. The van der Waals surface area contributed by atoms with Crippen LogP contribution in [0.15, 0.2) is 72.8 Å². The fourth-order valence-corrected chi connectivity index (χ4v) is 2.80. The van der Waals surface area contributed by atoms with Gasteiger partial charge in [-0.25, -0.2) is 4.79 Å². The molecule has 0 unspecified atom stereocenters. The van der Waals surface area contributed by atoms with E-state index in [1.54, 1.807) is 30.3 Å². The average Bonchev–Trinajstić information content (AvgIpc) is 2.68. The Morgan fingerprint density at radius 3 is 2.32 bits per heavy atom. The van der Waals surface area contributed by atoms with Crippen LogP contribution in [-0.4, -0.2) is 11.1 Å². The van der Waals surface area contributed by atoms with Crippen LogP contribution >= 0.6 is 23.8 Å². The minimum absolute atomic E-state index is 0.0344. The van der Waals surface area contributed by atoms with E-state index < -0.39 is 5.97 Å². The van der Waals surface area contributed by atoms with Crippen molar-refractivity contribution in [3.05, 3.63) is 88.9 Å². The summed E-state index contributed by atoms with van der Waals surface area (Å²) in [6.07, 6.45) is 0. The Morgan fingerprint density at radius 1 is 1.04 bits per heavy atom. The number of nitrogens with two attached hydrogens (primary N) is 1. The largest absolute Gasteiger partial charge is 0.483 e. The third-order valence-corrected chi connectivity index (χ3v) is 4.04. The van der Waals surface area contributed by atoms with Crippen molar-refractivity contribution in [3.63, 3.8) is 0 Å². The van der Waals surface area contributed by atoms with Crippen LogP contribution in [0.25, 0.3) is 0 Å². The van der Waals surface area contributed by atoms with Gasteiger partial charge in [0.05, 0.1) is 11.3 Å². The molecule has 28 heavy (non-hydrogen) atoms. The first kappa shape index (κ1) is 19.7. The van der Waals surface area contributed by atoms with Gasteiger partial charge in [-0.1, -0.05) is 60.1 Å². The number of halogens is 1. The maximum absolute atomic E-state index is 12.5. The van der Waals surface area contributed by atoms with Gasteiger partial charge in [-0.3, -0.25) is 0 Å². The van der Waals surface area contributed by atoms with E-state index in [9.17, 15) is 4.79 Å². The number of anilines is 1. The molecule has 3 rings (SSSR count). The molecule has 0 aliphatic carbocycles. The molecule has 0 saturated carbocycles. The van der Waals surface area contributed by atoms with Gasteiger partial charge >= 0.3 is 5.97 Å². The highest BCUT2D eigenvalue weighted by molar-refractivity contribution is 7.80. The Labute approximate surface area is 173 Å². The van der Waals surface area contributed by atoms with Gasteiger partial charge < -0.3 is 20.5 Å². The van der Waals surface area contributed by atoms with Gasteiger partial charge in [0.15, 0.2) is 16.6 Å². The Bertz CT molecular complexity index is 982. The van der Waals surface area contributed by atoms with Gasteiger partial charge in [0.25, 0.3) is 0 Å². The van der Waals surface area contributed by atoms with Crippen LogP contribution in [0.4, 0.5) is 5.69 Å². The number of carbonyl (C=O) groups excluding carboxylic acids is 1. The van der Waals surface area contributed by atoms with Crippen LogP contribution in [-0.2, 0) is 6.61 Å². The van der Waals surface area contributed by atoms with Gasteiger partial charge in [-0.2, -0.15) is 0 Å². The summed E-state index contributed by atoms with van der Waals surface area (Å²) in [5.41, 5.74) is 7.36. The molecule has 3 N–H and O–H groups in total. The Kier molecular flexibility index (Phi) is 6.47. The molecule has 0 amide bonds. The minimum Gasteiger partial charge on any atom is -0.483 e. The monoisotopic (exact) mass is 412 g/mol. The predicted octanol–water partition coefficient (Wildman–Crippen LogP) is 4.79. The number of hydrogen-bond acceptors (Lipinski definition) is 4. The first-order chi connectivity index (χ1) is 13.5. The Morgan fingerprint density at radius 2 is 1.68 bits per heavy atom. The third kappa shape index (κ3) is 5.22. The zero-order chi connectivity index (χ0) is 19.9. The number of benzene rings is 3. The summed E-state index contributed by atoms with van der Waals surface area (Å²) >= 11 is 11.1. The van der Waals surface area contributed by atoms with Gasteiger partial charge in [0.1, 0.15) is 6.61 Å². The van der Waals surface area contributed by atoms with E-state index in [0.29, 0.717) is 16.3 Å². The number of hydrogen-bond donors (Lipinski definition) is 2. The fourth-order valence-electron chi connectivity index (χ4n) is 2.48. The normalized spacial score (nSPS) is 10.2. The summed E-state index contributed by atoms with van der Waals surface area (Å²) in [5.74, 6) is -0.0879. The Hall–Kier alpha value is -3.09. The van der Waals surface area contributed by atoms with Gasteiger partial charge in [-0.15, -0.1) is 0 Å². The van der Waals surface area contributed by atoms with Crippen LogP contribution in [0.2, 0.25) is 5.02 Å². The molecule has 7 heteroatoms. The molecule has 142 valence electrons. The van der Waals surface area contributed by atoms with Gasteiger partial charge in [0, 0.05) is 11.1 Å². The summed E-state index contributed by atoms with van der Waals surface area (Å²) in [4.78, 5) is 12.5. The smallest absolute Gasteiger partial charge is 0.343 e. The molecular formula is C21H17ClN2O3S.